The summed E-state index contributed by atoms with van der Waals surface area (Å²) in [5.74, 6) is 0.665. The number of hydrogen-bond donors (Lipinski definition) is 1. The SMILES string of the molecule is COc1cc2cc(CNCCc3ccc(Br)cc3)c(-c3ccsc3)nc2cc1Cl. The van der Waals surface area contributed by atoms with Crippen molar-refractivity contribution in [1.82, 2.24) is 10.3 Å². The summed E-state index contributed by atoms with van der Waals surface area (Å²) in [5, 5.41) is 9.37. The summed E-state index contributed by atoms with van der Waals surface area (Å²) < 4.78 is 6.48. The fraction of sp³-hybridized carbons (Fsp3) is 0.174. The molecule has 0 aliphatic heterocycles. The number of nitrogens with zero attached hydrogens (tertiary/aromatic N) is 1. The maximum Gasteiger partial charge on any atom is 0.138 e. The molecule has 2 aromatic heterocycles. The zero-order valence-electron chi connectivity index (χ0n) is 15.9. The van der Waals surface area contributed by atoms with Crippen LogP contribution in [0.5, 0.6) is 5.75 Å². The molecule has 0 aliphatic carbocycles. The molecule has 0 amide bonds. The number of nitrogens with one attached hydrogen (secondary N) is 1. The summed E-state index contributed by atoms with van der Waals surface area (Å²) in [7, 11) is 1.63. The minimum atomic E-state index is 0.573. The number of aromatic nitrogens is 1. The first-order chi connectivity index (χ1) is 14.1. The first-order valence-electron chi connectivity index (χ1n) is 9.29. The molecule has 0 unspecified atom stereocenters. The van der Waals surface area contributed by atoms with Gasteiger partial charge in [0.25, 0.3) is 0 Å². The molecular weight excluding hydrogens is 468 g/mol. The van der Waals surface area contributed by atoms with E-state index in [0.717, 1.165) is 51.7 Å². The second-order valence-corrected chi connectivity index (χ2v) is 8.84. The molecule has 1 N–H and O–H groups in total. The highest BCUT2D eigenvalue weighted by molar-refractivity contribution is 9.10. The zero-order valence-corrected chi connectivity index (χ0v) is 19.1. The predicted molar refractivity (Wildman–Crippen MR) is 126 cm³/mol. The molecule has 3 nitrogen and oxygen atoms in total. The average molecular weight is 488 g/mol. The number of hydrogen-bond acceptors (Lipinski definition) is 4. The van der Waals surface area contributed by atoms with Crippen LogP contribution in [-0.2, 0) is 13.0 Å². The van der Waals surface area contributed by atoms with Crippen molar-refractivity contribution in [2.45, 2.75) is 13.0 Å². The Morgan fingerprint density at radius 3 is 2.69 bits per heavy atom. The van der Waals surface area contributed by atoms with Gasteiger partial charge in [0, 0.05) is 27.3 Å². The molecule has 0 saturated heterocycles. The number of thiophene rings is 1. The Bertz CT molecular complexity index is 1110. The second kappa shape index (κ2) is 9.26. The summed E-state index contributed by atoms with van der Waals surface area (Å²) in [4.78, 5) is 4.92. The molecule has 29 heavy (non-hydrogen) atoms. The Balaban J connectivity index is 1.58. The molecule has 2 heterocycles. The van der Waals surface area contributed by atoms with Gasteiger partial charge in [0.1, 0.15) is 5.75 Å². The fourth-order valence-electron chi connectivity index (χ4n) is 3.27. The Hall–Kier alpha value is -1.92. The van der Waals surface area contributed by atoms with Gasteiger partial charge in [0.2, 0.25) is 0 Å². The number of pyridine rings is 1. The van der Waals surface area contributed by atoms with E-state index in [1.807, 2.05) is 12.1 Å². The van der Waals surface area contributed by atoms with Crippen LogP contribution in [-0.4, -0.2) is 18.6 Å². The molecule has 4 aromatic rings. The number of rotatable bonds is 7. The Labute approximate surface area is 187 Å². The number of benzene rings is 2. The Kier molecular flexibility index (Phi) is 6.50. The molecule has 0 aliphatic rings. The number of ether oxygens (including phenoxy) is 1. The third-order valence-electron chi connectivity index (χ3n) is 4.78. The number of fused-ring (bicyclic) bond motifs is 1. The predicted octanol–water partition coefficient (Wildman–Crippen LogP) is 6.72. The minimum Gasteiger partial charge on any atom is -0.495 e. The molecule has 4 rings (SSSR count). The van der Waals surface area contributed by atoms with Crippen molar-refractivity contribution in [3.8, 4) is 17.0 Å². The highest BCUT2D eigenvalue weighted by Crippen LogP contribution is 2.33. The lowest BCUT2D eigenvalue weighted by Crippen LogP contribution is -2.17. The van der Waals surface area contributed by atoms with Gasteiger partial charge in [0.05, 0.1) is 23.3 Å². The van der Waals surface area contributed by atoms with E-state index in [0.29, 0.717) is 10.8 Å². The van der Waals surface area contributed by atoms with Gasteiger partial charge in [-0.1, -0.05) is 39.7 Å². The highest BCUT2D eigenvalue weighted by Gasteiger charge is 2.12. The third kappa shape index (κ3) is 4.81. The summed E-state index contributed by atoms with van der Waals surface area (Å²) in [6.07, 6.45) is 0.978. The van der Waals surface area contributed by atoms with Gasteiger partial charge in [-0.2, -0.15) is 11.3 Å². The van der Waals surface area contributed by atoms with Crippen molar-refractivity contribution in [3.05, 3.63) is 79.9 Å². The van der Waals surface area contributed by atoms with E-state index in [1.165, 1.54) is 5.56 Å². The highest BCUT2D eigenvalue weighted by atomic mass is 79.9. The van der Waals surface area contributed by atoms with E-state index in [9.17, 15) is 0 Å². The molecular formula is C23H20BrClN2OS. The van der Waals surface area contributed by atoms with Gasteiger partial charge in [-0.3, -0.25) is 0 Å². The largest absolute Gasteiger partial charge is 0.495 e. The van der Waals surface area contributed by atoms with Crippen LogP contribution in [0, 0.1) is 0 Å². The summed E-state index contributed by atoms with van der Waals surface area (Å²) in [6, 6.07) is 16.6. The van der Waals surface area contributed by atoms with E-state index in [-0.39, 0.29) is 0 Å². The molecule has 2 aromatic carbocycles. The monoisotopic (exact) mass is 486 g/mol. The zero-order chi connectivity index (χ0) is 20.2. The smallest absolute Gasteiger partial charge is 0.138 e. The summed E-state index contributed by atoms with van der Waals surface area (Å²) >= 11 is 11.5. The van der Waals surface area contributed by atoms with Crippen LogP contribution in [0.25, 0.3) is 22.2 Å². The van der Waals surface area contributed by atoms with Gasteiger partial charge in [-0.15, -0.1) is 0 Å². The Morgan fingerprint density at radius 2 is 1.97 bits per heavy atom. The lowest BCUT2D eigenvalue weighted by atomic mass is 10.0. The quantitative estimate of drug-likeness (QED) is 0.294. The van der Waals surface area contributed by atoms with Gasteiger partial charge in [-0.05, 0) is 65.9 Å². The molecule has 0 atom stereocenters. The van der Waals surface area contributed by atoms with E-state index < -0.39 is 0 Å². The van der Waals surface area contributed by atoms with E-state index in [4.69, 9.17) is 21.3 Å². The van der Waals surface area contributed by atoms with Crippen molar-refractivity contribution in [2.24, 2.45) is 0 Å². The van der Waals surface area contributed by atoms with Crippen LogP contribution in [0.1, 0.15) is 11.1 Å². The molecule has 0 fully saturated rings. The molecule has 0 bridgehead atoms. The first-order valence-corrected chi connectivity index (χ1v) is 11.4. The minimum absolute atomic E-state index is 0.573. The normalized spacial score (nSPS) is 11.1. The molecule has 0 spiro atoms. The topological polar surface area (TPSA) is 34.1 Å². The van der Waals surface area contributed by atoms with Crippen LogP contribution in [0.4, 0.5) is 0 Å². The second-order valence-electron chi connectivity index (χ2n) is 6.74. The average Bonchev–Trinajstić information content (AvgIpc) is 3.26. The number of halogens is 2. The first kappa shape index (κ1) is 20.4. The maximum absolute atomic E-state index is 6.31. The number of methoxy groups -OCH3 is 1. The van der Waals surface area contributed by atoms with Crippen molar-refractivity contribution < 1.29 is 4.74 Å². The molecule has 0 saturated carbocycles. The standard InChI is InChI=1S/C23H20BrClN2OS/c1-28-22-11-17-10-18(13-26-8-6-15-2-4-19(24)5-3-15)23(16-7-9-29-14-16)27-21(17)12-20(22)25/h2-5,7,9-12,14,26H,6,8,13H2,1H3. The van der Waals surface area contributed by atoms with Crippen LogP contribution in [0.3, 0.4) is 0 Å². The third-order valence-corrected chi connectivity index (χ3v) is 6.29. The lowest BCUT2D eigenvalue weighted by Gasteiger charge is -2.13. The summed E-state index contributed by atoms with van der Waals surface area (Å²) in [6.45, 7) is 1.64. The Morgan fingerprint density at radius 1 is 1.14 bits per heavy atom. The van der Waals surface area contributed by atoms with Gasteiger partial charge in [-0.25, -0.2) is 4.98 Å². The van der Waals surface area contributed by atoms with E-state index in [2.05, 4.69) is 68.4 Å². The van der Waals surface area contributed by atoms with Gasteiger partial charge >= 0.3 is 0 Å². The van der Waals surface area contributed by atoms with E-state index in [1.54, 1.807) is 18.4 Å². The molecule has 0 radical (unpaired) electrons. The van der Waals surface area contributed by atoms with Crippen molar-refractivity contribution in [1.29, 1.82) is 0 Å². The molecule has 148 valence electrons. The van der Waals surface area contributed by atoms with Crippen LogP contribution >= 0.6 is 38.9 Å². The van der Waals surface area contributed by atoms with Crippen LogP contribution < -0.4 is 10.1 Å². The fourth-order valence-corrected chi connectivity index (χ4v) is 4.41. The van der Waals surface area contributed by atoms with Gasteiger partial charge in [0.15, 0.2) is 0 Å². The lowest BCUT2D eigenvalue weighted by molar-refractivity contribution is 0.415. The van der Waals surface area contributed by atoms with Gasteiger partial charge < -0.3 is 10.1 Å². The summed E-state index contributed by atoms with van der Waals surface area (Å²) in [5.41, 5.74) is 5.48. The van der Waals surface area contributed by atoms with Crippen LogP contribution in [0.2, 0.25) is 5.02 Å². The van der Waals surface area contributed by atoms with Crippen molar-refractivity contribution >= 4 is 49.8 Å². The molecule has 6 heteroatoms. The maximum atomic E-state index is 6.31. The van der Waals surface area contributed by atoms with Crippen molar-refractivity contribution in [3.63, 3.8) is 0 Å². The van der Waals surface area contributed by atoms with Crippen molar-refractivity contribution in [2.75, 3.05) is 13.7 Å². The van der Waals surface area contributed by atoms with Crippen LogP contribution in [0.15, 0.2) is 63.8 Å². The van der Waals surface area contributed by atoms with E-state index >= 15 is 0 Å².